The lowest BCUT2D eigenvalue weighted by molar-refractivity contribution is -0.384. The number of nitro benzene ring substituents is 1. The van der Waals surface area contributed by atoms with Crippen molar-refractivity contribution >= 4 is 11.5 Å². The molecule has 0 unspecified atom stereocenters. The summed E-state index contributed by atoms with van der Waals surface area (Å²) in [5.74, 6) is 0.237. The van der Waals surface area contributed by atoms with Crippen LogP contribution < -0.4 is 5.73 Å². The van der Waals surface area contributed by atoms with E-state index in [1.54, 1.807) is 12.1 Å². The highest BCUT2D eigenvalue weighted by Crippen LogP contribution is 2.14. The van der Waals surface area contributed by atoms with Gasteiger partial charge in [0.15, 0.2) is 5.84 Å². The molecule has 0 fully saturated rings. The Kier molecular flexibility index (Phi) is 5.69. The van der Waals surface area contributed by atoms with Crippen molar-refractivity contribution < 1.29 is 9.76 Å². The number of hydrogen-bond acceptors (Lipinski definition) is 5. The number of benzene rings is 2. The van der Waals surface area contributed by atoms with E-state index in [4.69, 9.17) is 10.6 Å². The number of aromatic nitrogens is 2. The van der Waals surface area contributed by atoms with E-state index in [9.17, 15) is 10.1 Å². The van der Waals surface area contributed by atoms with Gasteiger partial charge in [0.25, 0.3) is 5.69 Å². The first kappa shape index (κ1) is 19.1. The Morgan fingerprint density at radius 2 is 1.93 bits per heavy atom. The summed E-state index contributed by atoms with van der Waals surface area (Å²) in [6.07, 6.45) is 0. The van der Waals surface area contributed by atoms with Crippen molar-refractivity contribution in [1.82, 2.24) is 9.78 Å². The molecule has 0 atom stereocenters. The molecular weight excluding hydrogens is 358 g/mol. The summed E-state index contributed by atoms with van der Waals surface area (Å²) in [5, 5.41) is 19.2. The molecule has 8 heteroatoms. The van der Waals surface area contributed by atoms with E-state index in [2.05, 4.69) is 10.3 Å². The maximum Gasteiger partial charge on any atom is 0.269 e. The molecule has 3 aromatic rings. The Labute approximate surface area is 162 Å². The van der Waals surface area contributed by atoms with Gasteiger partial charge in [-0.15, -0.1) is 0 Å². The van der Waals surface area contributed by atoms with Crippen LogP contribution in [-0.2, 0) is 18.0 Å². The fourth-order valence-corrected chi connectivity index (χ4v) is 2.83. The Morgan fingerprint density at radius 1 is 1.18 bits per heavy atom. The quantitative estimate of drug-likeness (QED) is 0.293. The molecule has 0 radical (unpaired) electrons. The van der Waals surface area contributed by atoms with Gasteiger partial charge in [-0.2, -0.15) is 5.10 Å². The van der Waals surface area contributed by atoms with E-state index >= 15 is 0 Å². The average Bonchev–Trinajstić information content (AvgIpc) is 2.99. The number of oxime groups is 1. The lowest BCUT2D eigenvalue weighted by Gasteiger charge is -2.07. The third-order valence-corrected chi connectivity index (χ3v) is 4.17. The Hall–Kier alpha value is -3.68. The van der Waals surface area contributed by atoms with Crippen molar-refractivity contribution in [3.8, 4) is 0 Å². The zero-order chi connectivity index (χ0) is 20.1. The molecule has 2 N–H and O–H groups in total. The minimum absolute atomic E-state index is 0.00917. The van der Waals surface area contributed by atoms with E-state index in [0.717, 1.165) is 22.5 Å². The molecule has 0 aliphatic heterocycles. The van der Waals surface area contributed by atoms with Gasteiger partial charge in [-0.1, -0.05) is 35.5 Å². The Morgan fingerprint density at radius 3 is 2.64 bits per heavy atom. The zero-order valence-electron chi connectivity index (χ0n) is 15.7. The van der Waals surface area contributed by atoms with E-state index in [-0.39, 0.29) is 18.1 Å². The average molecular weight is 379 g/mol. The molecule has 0 aliphatic carbocycles. The third kappa shape index (κ3) is 4.73. The second-order valence-corrected chi connectivity index (χ2v) is 6.46. The van der Waals surface area contributed by atoms with Crippen LogP contribution in [0.3, 0.4) is 0 Å². The molecule has 2 aromatic carbocycles. The minimum Gasteiger partial charge on any atom is -0.389 e. The van der Waals surface area contributed by atoms with Gasteiger partial charge in [0.05, 0.1) is 17.2 Å². The Balaban J connectivity index is 1.67. The molecule has 8 nitrogen and oxygen atoms in total. The molecule has 1 aromatic heterocycles. The fraction of sp³-hybridized carbons (Fsp3) is 0.200. The molecule has 0 saturated carbocycles. The van der Waals surface area contributed by atoms with Crippen molar-refractivity contribution in [2.75, 3.05) is 0 Å². The molecule has 3 rings (SSSR count). The van der Waals surface area contributed by atoms with Crippen molar-refractivity contribution in [3.63, 3.8) is 0 Å². The number of hydrogen-bond donors (Lipinski definition) is 1. The lowest BCUT2D eigenvalue weighted by atomic mass is 10.1. The summed E-state index contributed by atoms with van der Waals surface area (Å²) in [5.41, 5.74) is 10.5. The lowest BCUT2D eigenvalue weighted by Crippen LogP contribution is -2.14. The first-order valence-electron chi connectivity index (χ1n) is 8.71. The summed E-state index contributed by atoms with van der Waals surface area (Å²) in [6, 6.07) is 15.9. The number of rotatable bonds is 7. The van der Waals surface area contributed by atoms with Crippen LogP contribution in [0.25, 0.3) is 0 Å². The molecule has 144 valence electrons. The SMILES string of the molecule is Cc1cc(C)n(Cc2cccc(C(N)=NOCc3cccc([N+](=O)[O-])c3)c2)n1. The van der Waals surface area contributed by atoms with Crippen LogP contribution >= 0.6 is 0 Å². The van der Waals surface area contributed by atoms with Crippen molar-refractivity contribution in [1.29, 1.82) is 0 Å². The van der Waals surface area contributed by atoms with Gasteiger partial charge < -0.3 is 10.6 Å². The molecule has 1 heterocycles. The largest absolute Gasteiger partial charge is 0.389 e. The summed E-state index contributed by atoms with van der Waals surface area (Å²) < 4.78 is 1.93. The van der Waals surface area contributed by atoms with Crippen LogP contribution in [0.2, 0.25) is 0 Å². The standard InChI is InChI=1S/C20H21N5O3/c1-14-9-15(2)24(22-14)12-16-5-3-7-18(10-16)20(21)23-28-13-17-6-4-8-19(11-17)25(26)27/h3-11H,12-13H2,1-2H3,(H2,21,23). The van der Waals surface area contributed by atoms with Crippen LogP contribution in [0, 0.1) is 24.0 Å². The van der Waals surface area contributed by atoms with Gasteiger partial charge >= 0.3 is 0 Å². The molecule has 0 amide bonds. The van der Waals surface area contributed by atoms with Crippen LogP contribution in [0.15, 0.2) is 59.8 Å². The second kappa shape index (κ2) is 8.34. The number of nitrogens with two attached hydrogens (primary N) is 1. The van der Waals surface area contributed by atoms with E-state index in [1.807, 2.05) is 48.9 Å². The van der Waals surface area contributed by atoms with Crippen molar-refractivity contribution in [2.45, 2.75) is 27.0 Å². The summed E-state index contributed by atoms with van der Waals surface area (Å²) >= 11 is 0. The highest BCUT2D eigenvalue weighted by atomic mass is 16.6. The number of nitro groups is 1. The molecule has 0 bridgehead atoms. The van der Waals surface area contributed by atoms with E-state index in [0.29, 0.717) is 12.1 Å². The van der Waals surface area contributed by atoms with Gasteiger partial charge in [0.1, 0.15) is 6.61 Å². The maximum absolute atomic E-state index is 10.8. The van der Waals surface area contributed by atoms with Crippen LogP contribution in [0.4, 0.5) is 5.69 Å². The van der Waals surface area contributed by atoms with Gasteiger partial charge in [0.2, 0.25) is 0 Å². The first-order valence-corrected chi connectivity index (χ1v) is 8.71. The Bertz CT molecular complexity index is 1030. The topological polar surface area (TPSA) is 109 Å². The number of aryl methyl sites for hydroxylation is 2. The smallest absolute Gasteiger partial charge is 0.269 e. The molecule has 28 heavy (non-hydrogen) atoms. The van der Waals surface area contributed by atoms with Gasteiger partial charge in [-0.3, -0.25) is 14.8 Å². The van der Waals surface area contributed by atoms with E-state index in [1.165, 1.54) is 12.1 Å². The van der Waals surface area contributed by atoms with Gasteiger partial charge in [-0.05, 0) is 37.1 Å². The van der Waals surface area contributed by atoms with E-state index < -0.39 is 4.92 Å². The second-order valence-electron chi connectivity index (χ2n) is 6.46. The summed E-state index contributed by atoms with van der Waals surface area (Å²) in [7, 11) is 0. The fourth-order valence-electron chi connectivity index (χ4n) is 2.83. The normalized spacial score (nSPS) is 11.4. The predicted molar refractivity (Wildman–Crippen MR) is 106 cm³/mol. The van der Waals surface area contributed by atoms with Crippen molar-refractivity contribution in [3.05, 3.63) is 92.8 Å². The predicted octanol–water partition coefficient (Wildman–Crippen LogP) is 3.29. The summed E-state index contributed by atoms with van der Waals surface area (Å²) in [6.45, 7) is 4.70. The number of non-ortho nitro benzene ring substituents is 1. The van der Waals surface area contributed by atoms with Crippen LogP contribution in [-0.4, -0.2) is 20.5 Å². The molecule has 0 spiro atoms. The first-order chi connectivity index (χ1) is 13.4. The highest BCUT2D eigenvalue weighted by molar-refractivity contribution is 5.97. The zero-order valence-corrected chi connectivity index (χ0v) is 15.7. The summed E-state index contributed by atoms with van der Waals surface area (Å²) in [4.78, 5) is 15.6. The molecule has 0 saturated heterocycles. The highest BCUT2D eigenvalue weighted by Gasteiger charge is 2.07. The molecular formula is C20H21N5O3. The monoisotopic (exact) mass is 379 g/mol. The van der Waals surface area contributed by atoms with Gasteiger partial charge in [0, 0.05) is 23.4 Å². The van der Waals surface area contributed by atoms with Gasteiger partial charge in [-0.25, -0.2) is 0 Å². The minimum atomic E-state index is -0.449. The molecule has 0 aliphatic rings. The van der Waals surface area contributed by atoms with Crippen LogP contribution in [0.1, 0.15) is 28.1 Å². The van der Waals surface area contributed by atoms with Crippen molar-refractivity contribution in [2.24, 2.45) is 10.9 Å². The maximum atomic E-state index is 10.8. The van der Waals surface area contributed by atoms with Crippen LogP contribution in [0.5, 0.6) is 0 Å². The number of nitrogens with zero attached hydrogens (tertiary/aromatic N) is 4. The third-order valence-electron chi connectivity index (χ3n) is 4.17. The number of amidine groups is 1.